The zero-order valence-corrected chi connectivity index (χ0v) is 11.5. The number of aryl methyl sites for hydroxylation is 1. The van der Waals surface area contributed by atoms with Gasteiger partial charge in [-0.3, -0.25) is 4.79 Å². The van der Waals surface area contributed by atoms with E-state index in [1.165, 1.54) is 11.1 Å². The minimum absolute atomic E-state index is 0.163. The predicted octanol–water partition coefficient (Wildman–Crippen LogP) is 1.33. The van der Waals surface area contributed by atoms with Crippen molar-refractivity contribution in [3.8, 4) is 0 Å². The first-order valence-corrected chi connectivity index (χ1v) is 6.06. The Labute approximate surface area is 116 Å². The smallest absolute Gasteiger partial charge is 0.276 e. The Morgan fingerprint density at radius 1 is 1.42 bits per heavy atom. The Morgan fingerprint density at radius 2 is 2.11 bits per heavy atom. The number of amides is 1. The number of rotatable bonds is 3. The fourth-order valence-electron chi connectivity index (χ4n) is 1.82. The van der Waals surface area contributed by atoms with Gasteiger partial charge in [-0.2, -0.15) is 0 Å². The SMILES string of the molecule is CN(C(=O)c1cncn1C)c1ccccc1C(N)=S. The van der Waals surface area contributed by atoms with Crippen molar-refractivity contribution in [3.05, 3.63) is 48.0 Å². The van der Waals surface area contributed by atoms with Crippen LogP contribution in [0.4, 0.5) is 5.69 Å². The average Bonchev–Trinajstić information content (AvgIpc) is 2.83. The van der Waals surface area contributed by atoms with Gasteiger partial charge >= 0.3 is 0 Å². The third-order valence-electron chi connectivity index (χ3n) is 2.87. The van der Waals surface area contributed by atoms with Crippen LogP contribution in [0.15, 0.2) is 36.8 Å². The highest BCUT2D eigenvalue weighted by molar-refractivity contribution is 7.80. The van der Waals surface area contributed by atoms with Crippen LogP contribution in [0.3, 0.4) is 0 Å². The number of anilines is 1. The number of nitrogens with zero attached hydrogens (tertiary/aromatic N) is 3. The van der Waals surface area contributed by atoms with Crippen molar-refractivity contribution in [2.24, 2.45) is 12.8 Å². The molecule has 2 aromatic rings. The summed E-state index contributed by atoms with van der Waals surface area (Å²) in [5.74, 6) is -0.163. The lowest BCUT2D eigenvalue weighted by atomic mass is 10.1. The van der Waals surface area contributed by atoms with Gasteiger partial charge in [0.1, 0.15) is 10.7 Å². The highest BCUT2D eigenvalue weighted by Gasteiger charge is 2.19. The predicted molar refractivity (Wildman–Crippen MR) is 78.3 cm³/mol. The van der Waals surface area contributed by atoms with Crippen LogP contribution in [0, 0.1) is 0 Å². The monoisotopic (exact) mass is 274 g/mol. The molecule has 1 amide bonds. The van der Waals surface area contributed by atoms with Gasteiger partial charge in [0, 0.05) is 19.7 Å². The van der Waals surface area contributed by atoms with E-state index in [0.717, 1.165) is 0 Å². The molecule has 19 heavy (non-hydrogen) atoms. The van der Waals surface area contributed by atoms with Gasteiger partial charge in [-0.15, -0.1) is 0 Å². The van der Waals surface area contributed by atoms with Gasteiger partial charge in [0.25, 0.3) is 5.91 Å². The second-order valence-electron chi connectivity index (χ2n) is 4.14. The molecule has 0 spiro atoms. The highest BCUT2D eigenvalue weighted by atomic mass is 32.1. The summed E-state index contributed by atoms with van der Waals surface area (Å²) in [6.45, 7) is 0. The number of carbonyl (C=O) groups is 1. The molecule has 1 aromatic heterocycles. The van der Waals surface area contributed by atoms with E-state index in [1.54, 1.807) is 31.1 Å². The van der Waals surface area contributed by atoms with Crippen molar-refractivity contribution < 1.29 is 4.79 Å². The number of thiocarbonyl (C=S) groups is 1. The summed E-state index contributed by atoms with van der Waals surface area (Å²) >= 11 is 5.00. The Bertz CT molecular complexity index is 635. The minimum Gasteiger partial charge on any atom is -0.389 e. The fourth-order valence-corrected chi connectivity index (χ4v) is 1.99. The third-order valence-corrected chi connectivity index (χ3v) is 3.09. The largest absolute Gasteiger partial charge is 0.389 e. The molecular weight excluding hydrogens is 260 g/mol. The molecule has 0 unspecified atom stereocenters. The van der Waals surface area contributed by atoms with Crippen LogP contribution in [0.1, 0.15) is 16.1 Å². The molecule has 0 aliphatic rings. The van der Waals surface area contributed by atoms with E-state index in [2.05, 4.69) is 4.98 Å². The first-order valence-electron chi connectivity index (χ1n) is 5.65. The van der Waals surface area contributed by atoms with Crippen molar-refractivity contribution in [2.45, 2.75) is 0 Å². The molecular formula is C13H14N4OS. The molecule has 0 atom stereocenters. The number of aromatic nitrogens is 2. The third kappa shape index (κ3) is 2.48. The quantitative estimate of drug-likeness (QED) is 0.858. The normalized spacial score (nSPS) is 10.2. The number of hydrogen-bond donors (Lipinski definition) is 1. The Hall–Kier alpha value is -2.21. The summed E-state index contributed by atoms with van der Waals surface area (Å²) in [7, 11) is 3.46. The van der Waals surface area contributed by atoms with Crippen LogP contribution in [-0.2, 0) is 7.05 Å². The maximum absolute atomic E-state index is 12.4. The zero-order valence-electron chi connectivity index (χ0n) is 10.7. The molecule has 1 aromatic carbocycles. The van der Waals surface area contributed by atoms with E-state index < -0.39 is 0 Å². The topological polar surface area (TPSA) is 64.2 Å². The van der Waals surface area contributed by atoms with Gasteiger partial charge in [-0.1, -0.05) is 24.4 Å². The second-order valence-corrected chi connectivity index (χ2v) is 4.58. The van der Waals surface area contributed by atoms with Crippen LogP contribution < -0.4 is 10.6 Å². The molecule has 2 N–H and O–H groups in total. The number of hydrogen-bond acceptors (Lipinski definition) is 3. The summed E-state index contributed by atoms with van der Waals surface area (Å²) < 4.78 is 1.67. The summed E-state index contributed by atoms with van der Waals surface area (Å²) in [5, 5.41) is 0. The Kier molecular flexibility index (Phi) is 3.62. The average molecular weight is 274 g/mol. The lowest BCUT2D eigenvalue weighted by molar-refractivity contribution is 0.0985. The molecule has 0 fully saturated rings. The first kappa shape index (κ1) is 13.2. The molecule has 0 aliphatic carbocycles. The molecule has 1 heterocycles. The Morgan fingerprint density at radius 3 is 2.68 bits per heavy atom. The number of nitrogens with two attached hydrogens (primary N) is 1. The van der Waals surface area contributed by atoms with Gasteiger partial charge in [0.2, 0.25) is 0 Å². The number of imidazole rings is 1. The van der Waals surface area contributed by atoms with E-state index in [0.29, 0.717) is 16.9 Å². The van der Waals surface area contributed by atoms with Crippen molar-refractivity contribution >= 4 is 28.8 Å². The van der Waals surface area contributed by atoms with E-state index >= 15 is 0 Å². The summed E-state index contributed by atoms with van der Waals surface area (Å²) in [6, 6.07) is 7.28. The van der Waals surface area contributed by atoms with Crippen LogP contribution in [0.25, 0.3) is 0 Å². The van der Waals surface area contributed by atoms with Gasteiger partial charge < -0.3 is 15.2 Å². The molecule has 0 saturated heterocycles. The van der Waals surface area contributed by atoms with Crippen molar-refractivity contribution in [1.82, 2.24) is 9.55 Å². The van der Waals surface area contributed by atoms with Crippen LogP contribution in [0.5, 0.6) is 0 Å². The van der Waals surface area contributed by atoms with Crippen molar-refractivity contribution in [2.75, 3.05) is 11.9 Å². The molecule has 2 rings (SSSR count). The maximum atomic E-state index is 12.4. The number of para-hydroxylation sites is 1. The number of carbonyl (C=O) groups excluding carboxylic acids is 1. The summed E-state index contributed by atoms with van der Waals surface area (Å²) in [4.78, 5) is 18.1. The molecule has 6 heteroatoms. The first-order chi connectivity index (χ1) is 9.02. The summed E-state index contributed by atoms with van der Waals surface area (Å²) in [6.07, 6.45) is 3.11. The van der Waals surface area contributed by atoms with Crippen LogP contribution in [0.2, 0.25) is 0 Å². The van der Waals surface area contributed by atoms with Gasteiger partial charge in [0.05, 0.1) is 18.2 Å². The van der Waals surface area contributed by atoms with E-state index in [9.17, 15) is 4.79 Å². The van der Waals surface area contributed by atoms with Gasteiger partial charge in [-0.05, 0) is 12.1 Å². The number of benzene rings is 1. The highest BCUT2D eigenvalue weighted by Crippen LogP contribution is 2.20. The van der Waals surface area contributed by atoms with Crippen LogP contribution in [-0.4, -0.2) is 27.5 Å². The molecule has 0 radical (unpaired) electrons. The lowest BCUT2D eigenvalue weighted by Gasteiger charge is -2.20. The minimum atomic E-state index is -0.163. The molecule has 0 bridgehead atoms. The van der Waals surface area contributed by atoms with E-state index in [4.69, 9.17) is 18.0 Å². The molecule has 0 aliphatic heterocycles. The maximum Gasteiger partial charge on any atom is 0.276 e. The van der Waals surface area contributed by atoms with E-state index in [1.807, 2.05) is 18.2 Å². The Balaban J connectivity index is 2.40. The fraction of sp³-hybridized carbons (Fsp3) is 0.154. The lowest BCUT2D eigenvalue weighted by Crippen LogP contribution is -2.30. The standard InChI is InChI=1S/C13H14N4OS/c1-16-8-15-7-11(16)13(18)17(2)10-6-4-3-5-9(10)12(14)19/h3-8H,1-2H3,(H2,14,19). The zero-order chi connectivity index (χ0) is 14.0. The molecule has 5 nitrogen and oxygen atoms in total. The molecule has 98 valence electrons. The van der Waals surface area contributed by atoms with Gasteiger partial charge in [-0.25, -0.2) is 4.98 Å². The van der Waals surface area contributed by atoms with Crippen LogP contribution >= 0.6 is 12.2 Å². The molecule has 0 saturated carbocycles. The second kappa shape index (κ2) is 5.19. The van der Waals surface area contributed by atoms with E-state index in [-0.39, 0.29) is 10.9 Å². The summed E-state index contributed by atoms with van der Waals surface area (Å²) in [5.41, 5.74) is 7.54. The van der Waals surface area contributed by atoms with Crippen molar-refractivity contribution in [3.63, 3.8) is 0 Å². The van der Waals surface area contributed by atoms with Gasteiger partial charge in [0.15, 0.2) is 0 Å². The van der Waals surface area contributed by atoms with Crippen molar-refractivity contribution in [1.29, 1.82) is 0 Å².